The van der Waals surface area contributed by atoms with Gasteiger partial charge in [-0.3, -0.25) is 0 Å². The summed E-state index contributed by atoms with van der Waals surface area (Å²) in [5, 5.41) is 18.5. The quantitative estimate of drug-likeness (QED) is 0.540. The maximum Gasteiger partial charge on any atom is 0.161 e. The van der Waals surface area contributed by atoms with Crippen molar-refractivity contribution in [2.45, 2.75) is 6.92 Å². The molecule has 1 aromatic carbocycles. The lowest BCUT2D eigenvalue weighted by Gasteiger charge is -2.09. The van der Waals surface area contributed by atoms with Crippen molar-refractivity contribution in [3.63, 3.8) is 0 Å². The molecule has 0 heterocycles. The van der Waals surface area contributed by atoms with Crippen LogP contribution in [-0.4, -0.2) is 17.3 Å². The number of hydrogen-bond donors (Lipinski definition) is 2. The van der Waals surface area contributed by atoms with Gasteiger partial charge in [0.05, 0.1) is 7.11 Å². The van der Waals surface area contributed by atoms with Crippen LogP contribution in [0.15, 0.2) is 18.7 Å². The molecule has 0 bridgehead atoms. The van der Waals surface area contributed by atoms with E-state index in [-0.39, 0.29) is 11.5 Å². The zero-order valence-electron chi connectivity index (χ0n) is 7.66. The van der Waals surface area contributed by atoms with Crippen LogP contribution in [0.25, 0.3) is 5.76 Å². The van der Waals surface area contributed by atoms with Gasteiger partial charge in [0.15, 0.2) is 11.5 Å². The second kappa shape index (κ2) is 3.39. The smallest absolute Gasteiger partial charge is 0.161 e. The highest BCUT2D eigenvalue weighted by Crippen LogP contribution is 2.33. The molecule has 1 aromatic rings. The largest absolute Gasteiger partial charge is 0.504 e. The van der Waals surface area contributed by atoms with Gasteiger partial charge in [0.1, 0.15) is 5.76 Å². The first-order chi connectivity index (χ1) is 6.07. The SMILES string of the molecule is C=C(OC)c1ccc(O)c(O)c1C. The fraction of sp³-hybridized carbons (Fsp3) is 0.200. The molecule has 0 aromatic heterocycles. The maximum absolute atomic E-state index is 9.38. The van der Waals surface area contributed by atoms with Crippen LogP contribution in [0.1, 0.15) is 11.1 Å². The molecule has 0 atom stereocenters. The van der Waals surface area contributed by atoms with Crippen LogP contribution in [0.4, 0.5) is 0 Å². The monoisotopic (exact) mass is 180 g/mol. The average molecular weight is 180 g/mol. The summed E-state index contributed by atoms with van der Waals surface area (Å²) < 4.78 is 4.92. The molecule has 0 fully saturated rings. The number of phenols is 2. The number of hydrogen-bond acceptors (Lipinski definition) is 3. The number of methoxy groups -OCH3 is 1. The summed E-state index contributed by atoms with van der Waals surface area (Å²) in [6.07, 6.45) is 0. The van der Waals surface area contributed by atoms with Crippen molar-refractivity contribution in [3.05, 3.63) is 29.8 Å². The molecule has 3 heteroatoms. The highest BCUT2D eigenvalue weighted by atomic mass is 16.5. The Morgan fingerprint density at radius 2 is 2.00 bits per heavy atom. The second-order valence-corrected chi connectivity index (χ2v) is 2.73. The van der Waals surface area contributed by atoms with Gasteiger partial charge in [0.25, 0.3) is 0 Å². The molecule has 2 N–H and O–H groups in total. The van der Waals surface area contributed by atoms with Gasteiger partial charge in [-0.1, -0.05) is 6.58 Å². The van der Waals surface area contributed by atoms with Crippen molar-refractivity contribution in [2.75, 3.05) is 7.11 Å². The molecule has 0 saturated carbocycles. The first kappa shape index (κ1) is 9.45. The van der Waals surface area contributed by atoms with Crippen molar-refractivity contribution < 1.29 is 14.9 Å². The predicted molar refractivity (Wildman–Crippen MR) is 50.6 cm³/mol. The third kappa shape index (κ3) is 1.59. The van der Waals surface area contributed by atoms with Gasteiger partial charge >= 0.3 is 0 Å². The van der Waals surface area contributed by atoms with Crippen LogP contribution in [0.2, 0.25) is 0 Å². The topological polar surface area (TPSA) is 49.7 Å². The molecule has 0 saturated heterocycles. The Bertz CT molecular complexity index is 342. The maximum atomic E-state index is 9.38. The van der Waals surface area contributed by atoms with Gasteiger partial charge in [-0.05, 0) is 19.1 Å². The fourth-order valence-corrected chi connectivity index (χ4v) is 1.10. The van der Waals surface area contributed by atoms with Gasteiger partial charge in [0.2, 0.25) is 0 Å². The fourth-order valence-electron chi connectivity index (χ4n) is 1.10. The Labute approximate surface area is 76.9 Å². The first-order valence-electron chi connectivity index (χ1n) is 3.82. The van der Waals surface area contributed by atoms with Crippen LogP contribution in [-0.2, 0) is 4.74 Å². The summed E-state index contributed by atoms with van der Waals surface area (Å²) in [6, 6.07) is 3.05. The molecule has 0 aliphatic carbocycles. The Hall–Kier alpha value is -1.64. The number of benzene rings is 1. The van der Waals surface area contributed by atoms with Crippen LogP contribution in [0.5, 0.6) is 11.5 Å². The highest BCUT2D eigenvalue weighted by Gasteiger charge is 2.09. The number of phenolic OH excluding ortho intramolecular Hbond substituents is 2. The van der Waals surface area contributed by atoms with E-state index in [0.717, 1.165) is 0 Å². The third-order valence-electron chi connectivity index (χ3n) is 1.96. The van der Waals surface area contributed by atoms with E-state index in [1.807, 2.05) is 0 Å². The van der Waals surface area contributed by atoms with E-state index in [0.29, 0.717) is 16.9 Å². The Morgan fingerprint density at radius 1 is 1.38 bits per heavy atom. The van der Waals surface area contributed by atoms with Crippen LogP contribution in [0, 0.1) is 6.92 Å². The summed E-state index contributed by atoms with van der Waals surface area (Å²) in [4.78, 5) is 0. The van der Waals surface area contributed by atoms with Crippen molar-refractivity contribution in [3.8, 4) is 11.5 Å². The Morgan fingerprint density at radius 3 is 2.54 bits per heavy atom. The summed E-state index contributed by atoms with van der Waals surface area (Å²) >= 11 is 0. The number of rotatable bonds is 2. The highest BCUT2D eigenvalue weighted by molar-refractivity contribution is 5.65. The molecular weight excluding hydrogens is 168 g/mol. The zero-order chi connectivity index (χ0) is 10.0. The van der Waals surface area contributed by atoms with Gasteiger partial charge in [0, 0.05) is 11.1 Å². The van der Waals surface area contributed by atoms with E-state index >= 15 is 0 Å². The Kier molecular flexibility index (Phi) is 2.46. The molecular formula is C10H12O3. The first-order valence-corrected chi connectivity index (χ1v) is 3.82. The van der Waals surface area contributed by atoms with Gasteiger partial charge in [-0.25, -0.2) is 0 Å². The average Bonchev–Trinajstić information content (AvgIpc) is 2.13. The predicted octanol–water partition coefficient (Wildman–Crippen LogP) is 2.02. The lowest BCUT2D eigenvalue weighted by molar-refractivity contribution is 0.369. The van der Waals surface area contributed by atoms with Crippen LogP contribution in [0.3, 0.4) is 0 Å². The molecule has 13 heavy (non-hydrogen) atoms. The van der Waals surface area contributed by atoms with Gasteiger partial charge in [-0.15, -0.1) is 0 Å². The molecule has 70 valence electrons. The number of ether oxygens (including phenoxy) is 1. The molecule has 0 radical (unpaired) electrons. The second-order valence-electron chi connectivity index (χ2n) is 2.73. The van der Waals surface area contributed by atoms with E-state index in [2.05, 4.69) is 6.58 Å². The minimum Gasteiger partial charge on any atom is -0.504 e. The summed E-state index contributed by atoms with van der Waals surface area (Å²) in [6.45, 7) is 5.35. The molecule has 0 aliphatic rings. The minimum absolute atomic E-state index is 0.129. The molecule has 0 aliphatic heterocycles. The van der Waals surface area contributed by atoms with E-state index in [4.69, 9.17) is 9.84 Å². The zero-order valence-corrected chi connectivity index (χ0v) is 7.66. The van der Waals surface area contributed by atoms with Crippen molar-refractivity contribution in [1.29, 1.82) is 0 Å². The molecule has 0 amide bonds. The Balaban J connectivity index is 3.26. The van der Waals surface area contributed by atoms with E-state index < -0.39 is 0 Å². The van der Waals surface area contributed by atoms with Gasteiger partial charge in [-0.2, -0.15) is 0 Å². The molecule has 3 nitrogen and oxygen atoms in total. The minimum atomic E-state index is -0.134. The molecule has 0 spiro atoms. The normalized spacial score (nSPS) is 9.69. The number of aromatic hydroxyl groups is 2. The lowest BCUT2D eigenvalue weighted by atomic mass is 10.1. The summed E-state index contributed by atoms with van der Waals surface area (Å²) in [5.41, 5.74) is 1.25. The van der Waals surface area contributed by atoms with Crippen LogP contribution < -0.4 is 0 Å². The van der Waals surface area contributed by atoms with Crippen molar-refractivity contribution >= 4 is 5.76 Å². The summed E-state index contributed by atoms with van der Waals surface area (Å²) in [5.74, 6) is 0.202. The van der Waals surface area contributed by atoms with Crippen molar-refractivity contribution in [1.82, 2.24) is 0 Å². The third-order valence-corrected chi connectivity index (χ3v) is 1.96. The van der Waals surface area contributed by atoms with E-state index in [9.17, 15) is 5.11 Å². The standard InChI is InChI=1S/C10H12O3/c1-6-8(7(2)13-3)4-5-9(11)10(6)12/h4-5,11-12H,2H2,1,3H3. The molecule has 1 rings (SSSR count). The lowest BCUT2D eigenvalue weighted by Crippen LogP contribution is -1.90. The molecule has 0 unspecified atom stereocenters. The summed E-state index contributed by atoms with van der Waals surface area (Å²) in [7, 11) is 1.51. The van der Waals surface area contributed by atoms with Crippen LogP contribution >= 0.6 is 0 Å². The van der Waals surface area contributed by atoms with E-state index in [1.165, 1.54) is 13.2 Å². The van der Waals surface area contributed by atoms with E-state index in [1.54, 1.807) is 13.0 Å². The van der Waals surface area contributed by atoms with Crippen molar-refractivity contribution in [2.24, 2.45) is 0 Å². The van der Waals surface area contributed by atoms with Gasteiger partial charge < -0.3 is 14.9 Å².